The first-order valence-corrected chi connectivity index (χ1v) is 33.3. The monoisotopic (exact) mass is 1070 g/mol. The number of rotatable bonds is 59. The van der Waals surface area contributed by atoms with Crippen molar-refractivity contribution in [1.29, 1.82) is 0 Å². The Hall–Kier alpha value is -0.850. The lowest BCUT2D eigenvalue weighted by atomic mass is 9.98. The van der Waals surface area contributed by atoms with Crippen molar-refractivity contribution >= 4 is 5.91 Å². The second kappa shape index (κ2) is 55.1. The Morgan fingerprint density at radius 2 is 0.693 bits per heavy atom. The van der Waals surface area contributed by atoms with E-state index in [1.807, 2.05) is 0 Å². The molecule has 10 heteroatoms. The van der Waals surface area contributed by atoms with E-state index in [0.717, 1.165) is 38.5 Å². The van der Waals surface area contributed by atoms with E-state index in [9.17, 15) is 35.4 Å². The van der Waals surface area contributed by atoms with Gasteiger partial charge in [-0.2, -0.15) is 0 Å². The molecule has 8 atom stereocenters. The van der Waals surface area contributed by atoms with Crippen LogP contribution in [0.1, 0.15) is 348 Å². The predicted octanol–water partition coefficient (Wildman–Crippen LogP) is 16.3. The van der Waals surface area contributed by atoms with Gasteiger partial charge >= 0.3 is 0 Å². The molecule has 75 heavy (non-hydrogen) atoms. The van der Waals surface area contributed by atoms with Crippen LogP contribution < -0.4 is 5.32 Å². The lowest BCUT2D eigenvalue weighted by Gasteiger charge is -2.40. The third-order valence-corrected chi connectivity index (χ3v) is 16.6. The Bertz CT molecular complexity index is 1160. The zero-order chi connectivity index (χ0) is 54.5. The highest BCUT2D eigenvalue weighted by molar-refractivity contribution is 5.76. The minimum Gasteiger partial charge on any atom is -0.394 e. The summed E-state index contributed by atoms with van der Waals surface area (Å²) in [6.45, 7) is 3.66. The molecular formula is C65H129NO9. The van der Waals surface area contributed by atoms with Crippen molar-refractivity contribution in [2.75, 3.05) is 13.2 Å². The molecule has 1 aliphatic heterocycles. The van der Waals surface area contributed by atoms with E-state index in [-0.39, 0.29) is 18.9 Å². The molecule has 1 amide bonds. The van der Waals surface area contributed by atoms with E-state index in [1.165, 1.54) is 283 Å². The minimum absolute atomic E-state index is 0.249. The van der Waals surface area contributed by atoms with Crippen molar-refractivity contribution in [3.05, 3.63) is 0 Å². The third-order valence-electron chi connectivity index (χ3n) is 16.6. The van der Waals surface area contributed by atoms with Gasteiger partial charge in [0.15, 0.2) is 6.29 Å². The lowest BCUT2D eigenvalue weighted by Crippen LogP contribution is -2.60. The molecule has 7 N–H and O–H groups in total. The van der Waals surface area contributed by atoms with Crippen LogP contribution >= 0.6 is 0 Å². The highest BCUT2D eigenvalue weighted by Crippen LogP contribution is 2.24. The number of carbonyl (C=O) groups excluding carboxylic acids is 1. The predicted molar refractivity (Wildman–Crippen MR) is 315 cm³/mol. The van der Waals surface area contributed by atoms with Crippen molar-refractivity contribution in [1.82, 2.24) is 5.32 Å². The standard InChI is InChI=1S/C65H129NO9/c1-3-5-7-9-11-13-15-17-19-20-21-22-23-24-25-26-27-28-29-30-31-32-33-34-35-36-37-38-39-40-42-44-46-48-50-52-54-60(69)66-57(56-74-65-64(73)63(72)62(71)59(55-67)75-65)61(70)58(68)53-51-49-47-45-43-41-18-16-14-12-10-8-6-4-2/h57-59,61-65,67-68,70-73H,3-56H2,1-2H3,(H,66,69)/t57-,58+,59+,61-,62+,63?,64?,65+/m0/s1. The molecule has 0 saturated carbocycles. The second-order valence-corrected chi connectivity index (χ2v) is 23.8. The fourth-order valence-electron chi connectivity index (χ4n) is 11.3. The van der Waals surface area contributed by atoms with Gasteiger partial charge < -0.3 is 45.4 Å². The lowest BCUT2D eigenvalue weighted by molar-refractivity contribution is -0.303. The van der Waals surface area contributed by atoms with Crippen molar-refractivity contribution in [2.45, 2.75) is 397 Å². The van der Waals surface area contributed by atoms with Gasteiger partial charge in [0.05, 0.1) is 25.4 Å². The van der Waals surface area contributed by atoms with E-state index >= 15 is 0 Å². The molecule has 0 aromatic carbocycles. The maximum absolute atomic E-state index is 13.1. The number of carbonyl (C=O) groups is 1. The molecule has 0 radical (unpaired) electrons. The van der Waals surface area contributed by atoms with Crippen LogP contribution in [0, 0.1) is 0 Å². The summed E-state index contributed by atoms with van der Waals surface area (Å²) in [4.78, 5) is 13.1. The summed E-state index contributed by atoms with van der Waals surface area (Å²) in [7, 11) is 0. The summed E-state index contributed by atoms with van der Waals surface area (Å²) in [5.74, 6) is -0.249. The zero-order valence-corrected chi connectivity index (χ0v) is 49.7. The number of nitrogens with one attached hydrogen (secondary N) is 1. The Labute approximate surface area is 464 Å². The highest BCUT2D eigenvalue weighted by atomic mass is 16.7. The van der Waals surface area contributed by atoms with E-state index < -0.39 is 55.6 Å². The Morgan fingerprint density at radius 3 is 0.987 bits per heavy atom. The summed E-state index contributed by atoms with van der Waals surface area (Å²) in [5, 5.41) is 65.6. The number of hydrogen-bond acceptors (Lipinski definition) is 9. The number of unbranched alkanes of at least 4 members (excludes halogenated alkanes) is 48. The molecule has 0 aliphatic carbocycles. The molecule has 1 saturated heterocycles. The Morgan fingerprint density at radius 1 is 0.413 bits per heavy atom. The maximum atomic E-state index is 13.1. The summed E-state index contributed by atoms with van der Waals surface area (Å²) in [6, 6.07) is -0.987. The van der Waals surface area contributed by atoms with E-state index in [0.29, 0.717) is 6.42 Å². The first-order chi connectivity index (χ1) is 36.8. The maximum Gasteiger partial charge on any atom is 0.220 e. The normalized spacial score (nSPS) is 19.2. The van der Waals surface area contributed by atoms with Crippen LogP contribution in [0.15, 0.2) is 0 Å². The first kappa shape index (κ1) is 72.2. The van der Waals surface area contributed by atoms with Gasteiger partial charge in [-0.05, 0) is 12.8 Å². The average molecular weight is 1070 g/mol. The molecule has 1 fully saturated rings. The Kier molecular flexibility index (Phi) is 53.0. The molecule has 1 rings (SSSR count). The van der Waals surface area contributed by atoms with Crippen LogP contribution in [-0.4, -0.2) is 98.7 Å². The number of amides is 1. The van der Waals surface area contributed by atoms with Crippen LogP contribution in [0.25, 0.3) is 0 Å². The fourth-order valence-corrected chi connectivity index (χ4v) is 11.3. The topological polar surface area (TPSA) is 169 Å². The van der Waals surface area contributed by atoms with Crippen LogP contribution in [0.5, 0.6) is 0 Å². The van der Waals surface area contributed by atoms with Crippen molar-refractivity contribution in [3.63, 3.8) is 0 Å². The molecule has 2 unspecified atom stereocenters. The third kappa shape index (κ3) is 43.6. The molecule has 1 aliphatic rings. The van der Waals surface area contributed by atoms with Crippen LogP contribution in [-0.2, 0) is 14.3 Å². The minimum atomic E-state index is -1.60. The second-order valence-electron chi connectivity index (χ2n) is 23.8. The molecule has 0 bridgehead atoms. The van der Waals surface area contributed by atoms with Gasteiger partial charge in [-0.25, -0.2) is 0 Å². The first-order valence-electron chi connectivity index (χ1n) is 33.3. The summed E-state index contributed by atoms with van der Waals surface area (Å²) in [5.41, 5.74) is 0. The van der Waals surface area contributed by atoms with Gasteiger partial charge in [0.2, 0.25) is 5.91 Å². The molecule has 1 heterocycles. The van der Waals surface area contributed by atoms with E-state index in [1.54, 1.807) is 0 Å². The smallest absolute Gasteiger partial charge is 0.220 e. The Balaban J connectivity index is 2.07. The molecule has 10 nitrogen and oxygen atoms in total. The SMILES string of the molecule is CCCCCCCCCCCCCCCCCCCCCCCCCCCCCCCCCCCCCCC(=O)N[C@@H](CO[C@@H]1O[C@H](CO)[C@@H](O)C(O)C1O)[C@H](O)[C@H](O)CCCCCCCCCCCCCCCC. The highest BCUT2D eigenvalue weighted by Gasteiger charge is 2.44. The molecule has 448 valence electrons. The number of ether oxygens (including phenoxy) is 2. The quantitative estimate of drug-likeness (QED) is 0.0293. The summed E-state index contributed by atoms with van der Waals surface area (Å²) >= 11 is 0. The summed E-state index contributed by atoms with van der Waals surface area (Å²) in [6.07, 6.45) is 57.4. The number of aliphatic hydroxyl groups excluding tert-OH is 6. The van der Waals surface area contributed by atoms with Gasteiger partial charge in [-0.1, -0.05) is 328 Å². The van der Waals surface area contributed by atoms with E-state index in [4.69, 9.17) is 9.47 Å². The largest absolute Gasteiger partial charge is 0.394 e. The van der Waals surface area contributed by atoms with Gasteiger partial charge in [0.25, 0.3) is 0 Å². The number of aliphatic hydroxyl groups is 6. The van der Waals surface area contributed by atoms with E-state index in [2.05, 4.69) is 19.2 Å². The van der Waals surface area contributed by atoms with Crippen LogP contribution in [0.2, 0.25) is 0 Å². The van der Waals surface area contributed by atoms with Crippen molar-refractivity contribution in [3.8, 4) is 0 Å². The van der Waals surface area contributed by atoms with Gasteiger partial charge in [0.1, 0.15) is 30.5 Å². The molecule has 0 aromatic heterocycles. The van der Waals surface area contributed by atoms with Crippen LogP contribution in [0.3, 0.4) is 0 Å². The van der Waals surface area contributed by atoms with Gasteiger partial charge in [0, 0.05) is 6.42 Å². The molecule has 0 aromatic rings. The number of hydrogen-bond donors (Lipinski definition) is 7. The van der Waals surface area contributed by atoms with Gasteiger partial charge in [-0.15, -0.1) is 0 Å². The zero-order valence-electron chi connectivity index (χ0n) is 49.7. The van der Waals surface area contributed by atoms with Gasteiger partial charge in [-0.3, -0.25) is 4.79 Å². The summed E-state index contributed by atoms with van der Waals surface area (Å²) < 4.78 is 11.2. The van der Waals surface area contributed by atoms with Crippen LogP contribution in [0.4, 0.5) is 0 Å². The molecular weight excluding hydrogens is 939 g/mol. The van der Waals surface area contributed by atoms with Crippen molar-refractivity contribution in [2.24, 2.45) is 0 Å². The van der Waals surface area contributed by atoms with Crippen molar-refractivity contribution < 1.29 is 44.9 Å². The fraction of sp³-hybridized carbons (Fsp3) is 0.985. The molecule has 0 spiro atoms. The average Bonchev–Trinajstić information content (AvgIpc) is 3.41.